The van der Waals surface area contributed by atoms with Crippen molar-refractivity contribution in [1.82, 2.24) is 5.32 Å². The van der Waals surface area contributed by atoms with Crippen molar-refractivity contribution in [1.29, 1.82) is 0 Å². The molecule has 35 heavy (non-hydrogen) atoms. The zero-order valence-electron chi connectivity index (χ0n) is 18.5. The van der Waals surface area contributed by atoms with Crippen molar-refractivity contribution in [2.75, 3.05) is 23.3 Å². The topological polar surface area (TPSA) is 105 Å². The van der Waals surface area contributed by atoms with E-state index in [0.29, 0.717) is 16.9 Å². The Bertz CT molecular complexity index is 1370. The number of hydrogen-bond donors (Lipinski definition) is 2. The van der Waals surface area contributed by atoms with Crippen LogP contribution in [-0.4, -0.2) is 30.0 Å². The first-order valence-corrected chi connectivity index (χ1v) is 10.8. The average molecular weight is 472 g/mol. The minimum atomic E-state index is -0.537. The van der Waals surface area contributed by atoms with E-state index >= 15 is 0 Å². The number of non-ortho nitro benzene ring substituents is 1. The lowest BCUT2D eigenvalue weighted by Crippen LogP contribution is -2.41. The van der Waals surface area contributed by atoms with Gasteiger partial charge in [-0.05, 0) is 53.2 Å². The van der Waals surface area contributed by atoms with E-state index in [2.05, 4.69) is 10.6 Å². The van der Waals surface area contributed by atoms with E-state index in [-0.39, 0.29) is 24.7 Å². The summed E-state index contributed by atoms with van der Waals surface area (Å²) in [6.45, 7) is 0.230. The molecule has 4 rings (SSSR count). The van der Waals surface area contributed by atoms with E-state index in [1.54, 1.807) is 12.1 Å². The molecule has 4 aromatic rings. The minimum Gasteiger partial charge on any atom is -0.350 e. The monoisotopic (exact) mass is 472 g/mol. The minimum absolute atomic E-state index is 0.0982. The first-order chi connectivity index (χ1) is 16.9. The Labute approximate surface area is 200 Å². The summed E-state index contributed by atoms with van der Waals surface area (Å²) in [6.07, 6.45) is 0. The van der Waals surface area contributed by atoms with E-state index in [9.17, 15) is 24.1 Å². The van der Waals surface area contributed by atoms with Crippen molar-refractivity contribution < 1.29 is 18.9 Å². The van der Waals surface area contributed by atoms with Crippen LogP contribution in [0.5, 0.6) is 0 Å². The molecule has 0 aliphatic carbocycles. The molecule has 0 spiro atoms. The number of carbonyl (C=O) groups excluding carboxylic acids is 2. The molecule has 9 heteroatoms. The van der Waals surface area contributed by atoms with Crippen LogP contribution in [0.3, 0.4) is 0 Å². The lowest BCUT2D eigenvalue weighted by Gasteiger charge is -2.23. The third-order valence-corrected chi connectivity index (χ3v) is 5.37. The molecule has 0 aliphatic rings. The molecular formula is C26H21FN4O4. The van der Waals surface area contributed by atoms with Crippen LogP contribution < -0.4 is 15.5 Å². The highest BCUT2D eigenvalue weighted by Crippen LogP contribution is 2.20. The van der Waals surface area contributed by atoms with Crippen LogP contribution in [0.1, 0.15) is 10.4 Å². The number of amides is 3. The third-order valence-electron chi connectivity index (χ3n) is 5.37. The second-order valence-electron chi connectivity index (χ2n) is 7.64. The fourth-order valence-corrected chi connectivity index (χ4v) is 3.63. The first-order valence-electron chi connectivity index (χ1n) is 10.8. The van der Waals surface area contributed by atoms with Gasteiger partial charge in [0.1, 0.15) is 5.82 Å². The smallest absolute Gasteiger partial charge is 0.326 e. The molecule has 0 saturated heterocycles. The van der Waals surface area contributed by atoms with Gasteiger partial charge in [0, 0.05) is 42.2 Å². The van der Waals surface area contributed by atoms with Gasteiger partial charge < -0.3 is 10.6 Å². The summed E-state index contributed by atoms with van der Waals surface area (Å²) in [5.41, 5.74) is 1.19. The molecule has 0 aliphatic heterocycles. The Morgan fingerprint density at radius 3 is 2.29 bits per heavy atom. The summed E-state index contributed by atoms with van der Waals surface area (Å²) in [5.74, 6) is -0.731. The van der Waals surface area contributed by atoms with Crippen molar-refractivity contribution in [2.24, 2.45) is 0 Å². The van der Waals surface area contributed by atoms with Gasteiger partial charge in [0.05, 0.1) is 4.92 Å². The molecule has 0 atom stereocenters. The van der Waals surface area contributed by atoms with E-state index in [1.165, 1.54) is 53.4 Å². The van der Waals surface area contributed by atoms with Crippen LogP contribution in [0.15, 0.2) is 91.0 Å². The number of halogens is 1. The summed E-state index contributed by atoms with van der Waals surface area (Å²) >= 11 is 0. The molecule has 8 nitrogen and oxygen atoms in total. The third kappa shape index (κ3) is 5.59. The Morgan fingerprint density at radius 2 is 1.57 bits per heavy atom. The van der Waals surface area contributed by atoms with E-state index in [0.717, 1.165) is 10.8 Å². The van der Waals surface area contributed by atoms with Crippen LogP contribution in [0.25, 0.3) is 10.8 Å². The number of carbonyl (C=O) groups is 2. The molecule has 0 saturated carbocycles. The number of anilines is 2. The summed E-state index contributed by atoms with van der Waals surface area (Å²) < 4.78 is 13.4. The summed E-state index contributed by atoms with van der Waals surface area (Å²) in [4.78, 5) is 37.5. The van der Waals surface area contributed by atoms with Crippen molar-refractivity contribution in [3.63, 3.8) is 0 Å². The lowest BCUT2D eigenvalue weighted by atomic mass is 10.0. The molecule has 0 fully saturated rings. The summed E-state index contributed by atoms with van der Waals surface area (Å²) in [6, 6.07) is 23.2. The zero-order chi connectivity index (χ0) is 24.8. The molecule has 0 aromatic heterocycles. The van der Waals surface area contributed by atoms with Gasteiger partial charge in [0.2, 0.25) is 0 Å². The maximum Gasteiger partial charge on any atom is 0.326 e. The highest BCUT2D eigenvalue weighted by molar-refractivity contribution is 6.07. The Hall–Kier alpha value is -4.79. The van der Waals surface area contributed by atoms with Gasteiger partial charge in [-0.1, -0.05) is 36.4 Å². The Kier molecular flexibility index (Phi) is 6.96. The quantitative estimate of drug-likeness (QED) is 0.279. The Morgan fingerprint density at radius 1 is 0.886 bits per heavy atom. The highest BCUT2D eigenvalue weighted by atomic mass is 19.1. The standard InChI is InChI=1S/C26H21FN4O4/c27-19-8-12-21(13-9-19)30(26(33)29-20-10-14-22(15-11-20)31(34)35)17-16-28-25(32)24-7-3-5-18-4-1-2-6-23(18)24/h1-15H,16-17H2,(H,28,32)(H,29,33). The number of urea groups is 1. The number of hydrogen-bond acceptors (Lipinski definition) is 4. The molecule has 0 bridgehead atoms. The number of nitro groups is 1. The van der Waals surface area contributed by atoms with Gasteiger partial charge in [0.25, 0.3) is 11.6 Å². The number of nitrogens with zero attached hydrogens (tertiary/aromatic N) is 2. The van der Waals surface area contributed by atoms with Gasteiger partial charge in [-0.3, -0.25) is 19.8 Å². The second kappa shape index (κ2) is 10.4. The molecule has 4 aromatic carbocycles. The van der Waals surface area contributed by atoms with E-state index in [4.69, 9.17) is 0 Å². The van der Waals surface area contributed by atoms with Crippen LogP contribution in [-0.2, 0) is 0 Å². The second-order valence-corrected chi connectivity index (χ2v) is 7.64. The van der Waals surface area contributed by atoms with Gasteiger partial charge in [-0.25, -0.2) is 9.18 Å². The maximum atomic E-state index is 13.4. The van der Waals surface area contributed by atoms with Crippen LogP contribution in [0.2, 0.25) is 0 Å². The number of fused-ring (bicyclic) bond motifs is 1. The van der Waals surface area contributed by atoms with Crippen molar-refractivity contribution in [3.05, 3.63) is 112 Å². The van der Waals surface area contributed by atoms with Crippen LogP contribution in [0.4, 0.5) is 26.2 Å². The van der Waals surface area contributed by atoms with E-state index in [1.807, 2.05) is 30.3 Å². The molecule has 176 valence electrons. The normalized spacial score (nSPS) is 10.5. The molecule has 3 amide bonds. The predicted molar refractivity (Wildman–Crippen MR) is 132 cm³/mol. The largest absolute Gasteiger partial charge is 0.350 e. The summed E-state index contributed by atoms with van der Waals surface area (Å²) in [5, 5.41) is 18.1. The number of nitrogens with one attached hydrogen (secondary N) is 2. The average Bonchev–Trinajstić information content (AvgIpc) is 2.87. The predicted octanol–water partition coefficient (Wildman–Crippen LogP) is 5.36. The number of nitro benzene ring substituents is 1. The van der Waals surface area contributed by atoms with Gasteiger partial charge in [-0.15, -0.1) is 0 Å². The number of rotatable bonds is 7. The van der Waals surface area contributed by atoms with Gasteiger partial charge in [0.15, 0.2) is 0 Å². The van der Waals surface area contributed by atoms with E-state index < -0.39 is 16.8 Å². The Balaban J connectivity index is 1.47. The maximum absolute atomic E-state index is 13.4. The van der Waals surface area contributed by atoms with Gasteiger partial charge >= 0.3 is 6.03 Å². The molecular weight excluding hydrogens is 451 g/mol. The van der Waals surface area contributed by atoms with Crippen molar-refractivity contribution in [3.8, 4) is 0 Å². The van der Waals surface area contributed by atoms with Gasteiger partial charge in [-0.2, -0.15) is 0 Å². The van der Waals surface area contributed by atoms with Crippen LogP contribution >= 0.6 is 0 Å². The summed E-state index contributed by atoms with van der Waals surface area (Å²) in [7, 11) is 0. The highest BCUT2D eigenvalue weighted by Gasteiger charge is 2.18. The SMILES string of the molecule is O=C(NCCN(C(=O)Nc1ccc([N+](=O)[O-])cc1)c1ccc(F)cc1)c1cccc2ccccc12. The van der Waals surface area contributed by atoms with Crippen molar-refractivity contribution in [2.45, 2.75) is 0 Å². The molecule has 2 N–H and O–H groups in total. The number of benzene rings is 4. The first kappa shape index (κ1) is 23.4. The molecule has 0 heterocycles. The molecule has 0 radical (unpaired) electrons. The fraction of sp³-hybridized carbons (Fsp3) is 0.0769. The zero-order valence-corrected chi connectivity index (χ0v) is 18.5. The lowest BCUT2D eigenvalue weighted by molar-refractivity contribution is -0.384. The molecule has 0 unspecified atom stereocenters. The van der Waals surface area contributed by atoms with Crippen molar-refractivity contribution >= 4 is 39.8 Å². The van der Waals surface area contributed by atoms with Crippen LogP contribution in [0, 0.1) is 15.9 Å². The fourth-order valence-electron chi connectivity index (χ4n) is 3.63.